The summed E-state index contributed by atoms with van der Waals surface area (Å²) >= 11 is 0. The van der Waals surface area contributed by atoms with Gasteiger partial charge in [0.05, 0.1) is 5.56 Å². The van der Waals surface area contributed by atoms with Crippen LogP contribution in [-0.4, -0.2) is 23.9 Å². The molecule has 1 fully saturated rings. The highest BCUT2D eigenvalue weighted by Gasteiger charge is 2.30. The van der Waals surface area contributed by atoms with Crippen molar-refractivity contribution in [2.75, 3.05) is 13.1 Å². The topological polar surface area (TPSA) is 32.3 Å². The van der Waals surface area contributed by atoms with Gasteiger partial charge in [-0.15, -0.1) is 0 Å². The molecule has 0 spiro atoms. The van der Waals surface area contributed by atoms with E-state index in [4.69, 9.17) is 0 Å². The number of hydrogen-bond acceptors (Lipinski definition) is 2. The molecule has 1 heterocycles. The zero-order valence-electron chi connectivity index (χ0n) is 19.8. The number of rotatable bonds is 6. The Kier molecular flexibility index (Phi) is 6.79. The van der Waals surface area contributed by atoms with E-state index in [1.165, 1.54) is 24.5 Å². The maximum Gasteiger partial charge on any atom is 0.416 e. The summed E-state index contributed by atoms with van der Waals surface area (Å²) in [6.45, 7) is 3.67. The molecule has 0 aromatic heterocycles. The van der Waals surface area contributed by atoms with Crippen molar-refractivity contribution in [3.8, 4) is 11.1 Å². The van der Waals surface area contributed by atoms with Gasteiger partial charge in [0.2, 0.25) is 0 Å². The van der Waals surface area contributed by atoms with Gasteiger partial charge in [0.15, 0.2) is 0 Å². The molecule has 184 valence electrons. The molecular weight excluding hydrogens is 461 g/mol. The molecule has 0 bridgehead atoms. The van der Waals surface area contributed by atoms with E-state index in [0.29, 0.717) is 23.2 Å². The number of benzene rings is 4. The van der Waals surface area contributed by atoms with Gasteiger partial charge < -0.3 is 5.32 Å². The van der Waals surface area contributed by atoms with Crippen molar-refractivity contribution in [1.82, 2.24) is 10.2 Å². The summed E-state index contributed by atoms with van der Waals surface area (Å²) in [5.74, 6) is -0.228. The molecule has 4 aromatic carbocycles. The smallest absolute Gasteiger partial charge is 0.348 e. The Balaban J connectivity index is 1.26. The number of likely N-dealkylation sites (tertiary alicyclic amines) is 1. The monoisotopic (exact) mass is 488 g/mol. The fourth-order valence-electron chi connectivity index (χ4n) is 4.82. The summed E-state index contributed by atoms with van der Waals surface area (Å²) in [5.41, 5.74) is 3.17. The van der Waals surface area contributed by atoms with Gasteiger partial charge in [-0.1, -0.05) is 54.6 Å². The summed E-state index contributed by atoms with van der Waals surface area (Å²) in [5, 5.41) is 5.24. The third-order valence-corrected chi connectivity index (χ3v) is 6.75. The minimum absolute atomic E-state index is 0.228. The molecule has 1 amide bonds. The van der Waals surface area contributed by atoms with Crippen molar-refractivity contribution in [2.45, 2.75) is 32.1 Å². The molecule has 0 unspecified atom stereocenters. The average molecular weight is 489 g/mol. The lowest BCUT2D eigenvalue weighted by molar-refractivity contribution is -0.137. The second-order valence-corrected chi connectivity index (χ2v) is 9.29. The predicted octanol–water partition coefficient (Wildman–Crippen LogP) is 7.05. The van der Waals surface area contributed by atoms with Crippen molar-refractivity contribution in [1.29, 1.82) is 0 Å². The first kappa shape index (κ1) is 24.1. The summed E-state index contributed by atoms with van der Waals surface area (Å²) < 4.78 is 39.1. The lowest BCUT2D eigenvalue weighted by atomic mass is 10.0. The van der Waals surface area contributed by atoms with Crippen LogP contribution in [0.15, 0.2) is 84.9 Å². The van der Waals surface area contributed by atoms with Crippen molar-refractivity contribution in [3.63, 3.8) is 0 Å². The Morgan fingerprint density at radius 1 is 0.833 bits per heavy atom. The molecule has 1 aliphatic rings. The Morgan fingerprint density at radius 2 is 1.58 bits per heavy atom. The molecule has 0 radical (unpaired) electrons. The van der Waals surface area contributed by atoms with Gasteiger partial charge in [-0.3, -0.25) is 9.69 Å². The van der Waals surface area contributed by atoms with E-state index in [1.807, 2.05) is 12.1 Å². The van der Waals surface area contributed by atoms with Crippen LogP contribution in [0.3, 0.4) is 0 Å². The van der Waals surface area contributed by atoms with Crippen molar-refractivity contribution in [3.05, 3.63) is 107 Å². The molecule has 0 aliphatic carbocycles. The zero-order valence-corrected chi connectivity index (χ0v) is 19.8. The van der Waals surface area contributed by atoms with Crippen LogP contribution in [0.25, 0.3) is 21.9 Å². The molecule has 3 nitrogen and oxygen atoms in total. The van der Waals surface area contributed by atoms with Gasteiger partial charge >= 0.3 is 6.18 Å². The summed E-state index contributed by atoms with van der Waals surface area (Å²) in [6.07, 6.45) is -1.86. The maximum atomic E-state index is 13.0. The van der Waals surface area contributed by atoms with Crippen molar-refractivity contribution < 1.29 is 18.0 Å². The highest BCUT2D eigenvalue weighted by atomic mass is 19.4. The first-order valence-electron chi connectivity index (χ1n) is 12.2. The van der Waals surface area contributed by atoms with E-state index in [0.717, 1.165) is 48.1 Å². The van der Waals surface area contributed by atoms with Gasteiger partial charge in [-0.05, 0) is 89.3 Å². The van der Waals surface area contributed by atoms with Crippen LogP contribution >= 0.6 is 0 Å². The van der Waals surface area contributed by atoms with E-state index < -0.39 is 11.7 Å². The van der Waals surface area contributed by atoms with Crippen LogP contribution in [0.4, 0.5) is 13.2 Å². The van der Waals surface area contributed by atoms with Crippen LogP contribution in [-0.2, 0) is 19.3 Å². The Labute approximate surface area is 208 Å². The number of fused-ring (bicyclic) bond motifs is 1. The molecule has 4 aromatic rings. The van der Waals surface area contributed by atoms with E-state index in [1.54, 1.807) is 30.3 Å². The third kappa shape index (κ3) is 5.44. The van der Waals surface area contributed by atoms with Crippen molar-refractivity contribution >= 4 is 16.7 Å². The van der Waals surface area contributed by atoms with E-state index in [-0.39, 0.29) is 5.91 Å². The minimum Gasteiger partial charge on any atom is -0.348 e. The van der Waals surface area contributed by atoms with Crippen LogP contribution in [0, 0.1) is 0 Å². The van der Waals surface area contributed by atoms with Gasteiger partial charge in [0.25, 0.3) is 5.91 Å². The maximum absolute atomic E-state index is 13.0. The number of nitrogens with zero attached hydrogens (tertiary/aromatic N) is 1. The first-order valence-corrected chi connectivity index (χ1v) is 12.2. The first-order chi connectivity index (χ1) is 17.4. The van der Waals surface area contributed by atoms with Crippen LogP contribution in [0.2, 0.25) is 0 Å². The molecule has 1 saturated heterocycles. The fourth-order valence-corrected chi connectivity index (χ4v) is 4.82. The lowest BCUT2D eigenvalue weighted by Crippen LogP contribution is -2.22. The number of hydrogen-bond donors (Lipinski definition) is 1. The Morgan fingerprint density at radius 3 is 2.33 bits per heavy atom. The molecule has 0 saturated carbocycles. The summed E-state index contributed by atoms with van der Waals surface area (Å²) in [6, 6.07) is 24.4. The number of alkyl halides is 3. The minimum atomic E-state index is -4.40. The van der Waals surface area contributed by atoms with Crippen molar-refractivity contribution in [2.24, 2.45) is 0 Å². The Hall–Kier alpha value is -3.64. The van der Waals surface area contributed by atoms with Gasteiger partial charge in [0.1, 0.15) is 0 Å². The number of carbonyl (C=O) groups is 1. The quantitative estimate of drug-likeness (QED) is 0.315. The SMILES string of the molecule is O=C(NCc1cccc2cc(CN3CCCC3)ccc12)c1ccc(-c2cccc(C(F)(F)F)c2)cc1. The molecule has 1 aliphatic heterocycles. The lowest BCUT2D eigenvalue weighted by Gasteiger charge is -2.15. The van der Waals surface area contributed by atoms with Gasteiger partial charge in [0, 0.05) is 18.7 Å². The molecular formula is C30H27F3N2O. The largest absolute Gasteiger partial charge is 0.416 e. The second-order valence-electron chi connectivity index (χ2n) is 9.29. The number of halogens is 3. The summed E-state index contributed by atoms with van der Waals surface area (Å²) in [7, 11) is 0. The van der Waals surface area contributed by atoms with E-state index >= 15 is 0 Å². The summed E-state index contributed by atoms with van der Waals surface area (Å²) in [4.78, 5) is 15.2. The predicted molar refractivity (Wildman–Crippen MR) is 137 cm³/mol. The van der Waals surface area contributed by atoms with Crippen LogP contribution in [0.1, 0.15) is 39.9 Å². The van der Waals surface area contributed by atoms with E-state index in [9.17, 15) is 18.0 Å². The van der Waals surface area contributed by atoms with Crippen LogP contribution in [0.5, 0.6) is 0 Å². The molecule has 6 heteroatoms. The zero-order chi connectivity index (χ0) is 25.1. The number of carbonyl (C=O) groups excluding carboxylic acids is 1. The highest BCUT2D eigenvalue weighted by molar-refractivity contribution is 5.95. The molecule has 1 N–H and O–H groups in total. The number of amides is 1. The molecule has 0 atom stereocenters. The third-order valence-electron chi connectivity index (χ3n) is 6.75. The van der Waals surface area contributed by atoms with Gasteiger partial charge in [-0.2, -0.15) is 13.2 Å². The normalized spacial score (nSPS) is 14.3. The Bertz CT molecular complexity index is 1370. The molecule has 5 rings (SSSR count). The fraction of sp³-hybridized carbons (Fsp3) is 0.233. The highest BCUT2D eigenvalue weighted by Crippen LogP contribution is 2.32. The second kappa shape index (κ2) is 10.2. The standard InChI is InChI=1S/C30H27F3N2O/c31-30(32,33)27-8-4-5-24(18-27)22-10-12-23(13-11-22)29(36)34-19-26-7-3-6-25-17-21(9-14-28(25)26)20-35-15-1-2-16-35/h3-14,17-18H,1-2,15-16,19-20H2,(H,34,36). The number of nitrogens with one attached hydrogen (secondary N) is 1. The van der Waals surface area contributed by atoms with Crippen LogP contribution < -0.4 is 5.32 Å². The van der Waals surface area contributed by atoms with E-state index in [2.05, 4.69) is 34.5 Å². The average Bonchev–Trinajstić information content (AvgIpc) is 3.40. The molecule has 36 heavy (non-hydrogen) atoms. The van der Waals surface area contributed by atoms with Gasteiger partial charge in [-0.25, -0.2) is 0 Å².